The van der Waals surface area contributed by atoms with Crippen LogP contribution in [-0.4, -0.2) is 29.9 Å². The van der Waals surface area contributed by atoms with Gasteiger partial charge in [0.2, 0.25) is 0 Å². The molecule has 0 atom stereocenters. The maximum atomic E-state index is 5.21. The lowest BCUT2D eigenvalue weighted by Crippen LogP contribution is -2.01. The average molecular weight is 793 g/mol. The number of hydrogen-bond donors (Lipinski definition) is 0. The zero-order valence-electron chi connectivity index (χ0n) is 33.5. The van der Waals surface area contributed by atoms with Crippen LogP contribution < -0.4 is 0 Å². The third-order valence-electron chi connectivity index (χ3n) is 11.3. The van der Waals surface area contributed by atoms with E-state index in [0.29, 0.717) is 17.5 Å². The van der Waals surface area contributed by atoms with Gasteiger partial charge in [0.05, 0.1) is 11.4 Å². The van der Waals surface area contributed by atoms with Crippen molar-refractivity contribution in [1.29, 1.82) is 0 Å². The molecular formula is C56H36N6. The van der Waals surface area contributed by atoms with Crippen LogP contribution in [0.4, 0.5) is 0 Å². The number of nitrogens with zero attached hydrogens (tertiary/aromatic N) is 6. The maximum Gasteiger partial charge on any atom is 0.165 e. The second kappa shape index (κ2) is 15.9. The Morgan fingerprint density at radius 1 is 0.258 bits per heavy atom. The first-order chi connectivity index (χ1) is 30.7. The van der Waals surface area contributed by atoms with Gasteiger partial charge in [0.25, 0.3) is 0 Å². The predicted octanol–water partition coefficient (Wildman–Crippen LogP) is 13.7. The van der Waals surface area contributed by atoms with Crippen LogP contribution in [0.15, 0.2) is 219 Å². The van der Waals surface area contributed by atoms with Crippen molar-refractivity contribution in [3.05, 3.63) is 219 Å². The van der Waals surface area contributed by atoms with Gasteiger partial charge in [0.15, 0.2) is 17.5 Å². The summed E-state index contributed by atoms with van der Waals surface area (Å²) in [5, 5.41) is 4.87. The molecule has 6 nitrogen and oxygen atoms in total. The fourth-order valence-corrected chi connectivity index (χ4v) is 8.07. The van der Waals surface area contributed by atoms with Crippen molar-refractivity contribution in [2.45, 2.75) is 0 Å². The molecule has 11 aromatic rings. The Balaban J connectivity index is 1.07. The molecule has 0 saturated carbocycles. The number of fused-ring (bicyclic) bond motifs is 3. The minimum absolute atomic E-state index is 0.539. The highest BCUT2D eigenvalue weighted by atomic mass is 15.0. The van der Waals surface area contributed by atoms with Gasteiger partial charge in [-0.15, -0.1) is 0 Å². The number of aromatic nitrogens is 6. The second-order valence-corrected chi connectivity index (χ2v) is 15.2. The van der Waals surface area contributed by atoms with Crippen LogP contribution in [-0.2, 0) is 0 Å². The van der Waals surface area contributed by atoms with Crippen molar-refractivity contribution in [2.24, 2.45) is 0 Å². The quantitative estimate of drug-likeness (QED) is 0.143. The molecule has 0 bridgehead atoms. The summed E-state index contributed by atoms with van der Waals surface area (Å²) in [4.78, 5) is 29.1. The molecule has 0 aliphatic rings. The molecule has 0 radical (unpaired) electrons. The topological polar surface area (TPSA) is 77.3 Å². The molecule has 0 saturated heterocycles. The summed E-state index contributed by atoms with van der Waals surface area (Å²) in [7, 11) is 0. The molecule has 4 aromatic heterocycles. The SMILES string of the molecule is c1ccc(-c2ccc(-c3nc(-c4ccc(-c5ccccn5)cc4)nc(-c4cc(-c5ccc(-c6ccncc6)cc5)cc(-c5ccc6c(ccc7ccccc76)c5)c4)n3)cn2)cc1. The second-order valence-electron chi connectivity index (χ2n) is 15.2. The standard InChI is InChI=1S/C56H36N6/c1-2-9-41(10-3-1)53-26-24-46(36-59-53)55-60-54(43-20-18-42(19-21-43)52-12-6-7-29-58-52)61-56(62-55)49-34-47(38-15-13-37(14-16-38)39-27-30-57-31-28-39)33-48(35-49)44-23-25-51-45(32-44)22-17-40-8-4-5-11-50(40)51/h1-36H. The number of hydrogen-bond acceptors (Lipinski definition) is 6. The van der Waals surface area contributed by atoms with E-state index in [0.717, 1.165) is 72.6 Å². The van der Waals surface area contributed by atoms with Crippen molar-refractivity contribution in [2.75, 3.05) is 0 Å². The highest BCUT2D eigenvalue weighted by Gasteiger charge is 2.17. The lowest BCUT2D eigenvalue weighted by Gasteiger charge is -2.14. The van der Waals surface area contributed by atoms with Crippen LogP contribution in [0.2, 0.25) is 0 Å². The first-order valence-corrected chi connectivity index (χ1v) is 20.6. The molecule has 0 unspecified atom stereocenters. The van der Waals surface area contributed by atoms with E-state index in [1.54, 1.807) is 0 Å². The molecule has 0 amide bonds. The van der Waals surface area contributed by atoms with Crippen LogP contribution in [0, 0.1) is 0 Å². The molecule has 4 heterocycles. The fourth-order valence-electron chi connectivity index (χ4n) is 8.07. The van der Waals surface area contributed by atoms with Crippen LogP contribution in [0.1, 0.15) is 0 Å². The predicted molar refractivity (Wildman–Crippen MR) is 252 cm³/mol. The van der Waals surface area contributed by atoms with Gasteiger partial charge < -0.3 is 0 Å². The third kappa shape index (κ3) is 7.27. The minimum Gasteiger partial charge on any atom is -0.265 e. The van der Waals surface area contributed by atoms with Crippen LogP contribution >= 0.6 is 0 Å². The largest absolute Gasteiger partial charge is 0.265 e. The molecule has 6 heteroatoms. The van der Waals surface area contributed by atoms with E-state index in [2.05, 4.69) is 143 Å². The Morgan fingerprint density at radius 2 is 0.790 bits per heavy atom. The van der Waals surface area contributed by atoms with Gasteiger partial charge >= 0.3 is 0 Å². The molecule has 0 fully saturated rings. The molecule has 0 aliphatic carbocycles. The first-order valence-electron chi connectivity index (χ1n) is 20.6. The zero-order chi connectivity index (χ0) is 41.2. The summed E-state index contributed by atoms with van der Waals surface area (Å²) in [5.74, 6) is 1.67. The zero-order valence-corrected chi connectivity index (χ0v) is 33.5. The Hall–Kier alpha value is -8.48. The average Bonchev–Trinajstić information content (AvgIpc) is 3.37. The Kier molecular flexibility index (Phi) is 9.41. The van der Waals surface area contributed by atoms with Crippen LogP contribution in [0.25, 0.3) is 112 Å². The highest BCUT2D eigenvalue weighted by molar-refractivity contribution is 6.08. The molecule has 62 heavy (non-hydrogen) atoms. The lowest BCUT2D eigenvalue weighted by molar-refractivity contribution is 1.07. The molecule has 0 N–H and O–H groups in total. The fraction of sp³-hybridized carbons (Fsp3) is 0. The van der Waals surface area contributed by atoms with E-state index in [-0.39, 0.29) is 0 Å². The molecule has 7 aromatic carbocycles. The van der Waals surface area contributed by atoms with Crippen molar-refractivity contribution in [3.8, 4) is 90.1 Å². The van der Waals surface area contributed by atoms with Gasteiger partial charge in [-0.25, -0.2) is 15.0 Å². The Labute approximate surface area is 359 Å². The first kappa shape index (κ1) is 36.6. The number of benzene rings is 7. The monoisotopic (exact) mass is 792 g/mol. The van der Waals surface area contributed by atoms with Gasteiger partial charge in [-0.3, -0.25) is 15.0 Å². The van der Waals surface area contributed by atoms with Gasteiger partial charge in [-0.2, -0.15) is 0 Å². The van der Waals surface area contributed by atoms with Crippen molar-refractivity contribution < 1.29 is 0 Å². The normalized spacial score (nSPS) is 11.2. The Bertz CT molecular complexity index is 3250. The van der Waals surface area contributed by atoms with E-state index in [4.69, 9.17) is 19.9 Å². The molecule has 0 aliphatic heterocycles. The van der Waals surface area contributed by atoms with Crippen molar-refractivity contribution in [1.82, 2.24) is 29.9 Å². The summed E-state index contributed by atoms with van der Waals surface area (Å²) in [6.45, 7) is 0. The lowest BCUT2D eigenvalue weighted by atomic mass is 9.93. The van der Waals surface area contributed by atoms with Crippen molar-refractivity contribution >= 4 is 21.5 Å². The summed E-state index contributed by atoms with van der Waals surface area (Å²) in [6.07, 6.45) is 7.30. The smallest absolute Gasteiger partial charge is 0.165 e. The summed E-state index contributed by atoms with van der Waals surface area (Å²) in [5.41, 5.74) is 12.9. The van der Waals surface area contributed by atoms with E-state index in [1.807, 2.05) is 85.5 Å². The molecule has 290 valence electrons. The number of rotatable bonds is 8. The van der Waals surface area contributed by atoms with Gasteiger partial charge in [0.1, 0.15) is 0 Å². The molecule has 11 rings (SSSR count). The maximum absolute atomic E-state index is 5.21. The number of pyridine rings is 3. The van der Waals surface area contributed by atoms with E-state index >= 15 is 0 Å². The van der Waals surface area contributed by atoms with Crippen molar-refractivity contribution in [3.63, 3.8) is 0 Å². The van der Waals surface area contributed by atoms with Gasteiger partial charge in [-0.1, -0.05) is 133 Å². The molecular weight excluding hydrogens is 757 g/mol. The summed E-state index contributed by atoms with van der Waals surface area (Å²) in [6, 6.07) is 67.5. The minimum atomic E-state index is 0.539. The summed E-state index contributed by atoms with van der Waals surface area (Å²) < 4.78 is 0. The van der Waals surface area contributed by atoms with Crippen LogP contribution in [0.5, 0.6) is 0 Å². The third-order valence-corrected chi connectivity index (χ3v) is 11.3. The summed E-state index contributed by atoms with van der Waals surface area (Å²) >= 11 is 0. The van der Waals surface area contributed by atoms with E-state index in [1.165, 1.54) is 21.5 Å². The van der Waals surface area contributed by atoms with E-state index in [9.17, 15) is 0 Å². The van der Waals surface area contributed by atoms with Crippen LogP contribution in [0.3, 0.4) is 0 Å². The Morgan fingerprint density at radius 3 is 1.53 bits per heavy atom. The highest BCUT2D eigenvalue weighted by Crippen LogP contribution is 2.37. The van der Waals surface area contributed by atoms with Gasteiger partial charge in [-0.05, 0) is 116 Å². The molecule has 0 spiro atoms. The van der Waals surface area contributed by atoms with Gasteiger partial charge in [0, 0.05) is 52.6 Å². The van der Waals surface area contributed by atoms with E-state index < -0.39 is 0 Å².